The number of carbonyl (C=O) groups is 3. The number of nitrogens with two attached hydrogens (primary N) is 1. The Bertz CT molecular complexity index is 970. The largest absolute Gasteiger partial charge is 0.478 e. The Morgan fingerprint density at radius 2 is 2.07 bits per heavy atom. The van der Waals surface area contributed by atoms with Crippen LogP contribution in [0.1, 0.15) is 40.3 Å². The number of aliphatic carboxylic acids is 1. The summed E-state index contributed by atoms with van der Waals surface area (Å²) in [4.78, 5) is 47.7. The summed E-state index contributed by atoms with van der Waals surface area (Å²) in [5.41, 5.74) is 5.90. The smallest absolute Gasteiger partial charge is 0.350 e. The number of fused-ring (bicyclic) bond motifs is 1. The van der Waals surface area contributed by atoms with E-state index >= 15 is 0 Å². The number of β-lactam (4-membered cyclic amide) rings is 1. The molecule has 3 heterocycles. The molecule has 30 heavy (non-hydrogen) atoms. The zero-order valence-corrected chi connectivity index (χ0v) is 18.8. The maximum atomic E-state index is 13.0. The molecule has 2 aliphatic rings. The lowest BCUT2D eigenvalue weighted by molar-refractivity contribution is -0.161. The minimum Gasteiger partial charge on any atom is -0.478 e. The molecule has 0 saturated carbocycles. The number of carbonyl (C=O) groups excluding carboxylic acids is 2. The molecule has 0 aliphatic carbocycles. The van der Waals surface area contributed by atoms with E-state index in [1.165, 1.54) is 19.2 Å². The fraction of sp³-hybridized carbons (Fsp3) is 0.500. The van der Waals surface area contributed by atoms with Crippen LogP contribution in [0.3, 0.4) is 0 Å². The highest BCUT2D eigenvalue weighted by Gasteiger charge is 2.52. The van der Waals surface area contributed by atoms with Gasteiger partial charge < -0.3 is 21.0 Å². The molecule has 1 aromatic heterocycles. The molecule has 1 fully saturated rings. The number of carboxylic acids is 1. The number of thioether (sulfide) groups is 1. The van der Waals surface area contributed by atoms with Gasteiger partial charge in [-0.2, -0.15) is 0 Å². The highest BCUT2D eigenvalue weighted by Crippen LogP contribution is 2.43. The van der Waals surface area contributed by atoms with Crippen molar-refractivity contribution in [1.82, 2.24) is 15.2 Å². The zero-order chi connectivity index (χ0) is 22.4. The summed E-state index contributed by atoms with van der Waals surface area (Å²) < 4.78 is 0. The number of hydrogen-bond acceptors (Lipinski definition) is 9. The topological polar surface area (TPSA) is 147 Å². The third kappa shape index (κ3) is 3.88. The van der Waals surface area contributed by atoms with Gasteiger partial charge in [0, 0.05) is 16.3 Å². The number of thiazole rings is 1. The Morgan fingerprint density at radius 1 is 1.40 bits per heavy atom. The highest BCUT2D eigenvalue weighted by molar-refractivity contribution is 8.00. The fourth-order valence-corrected chi connectivity index (χ4v) is 4.96. The van der Waals surface area contributed by atoms with Gasteiger partial charge in [-0.3, -0.25) is 14.5 Å². The molecule has 4 N–H and O–H groups in total. The molecule has 10 nitrogen and oxygen atoms in total. The molecule has 12 heteroatoms. The van der Waals surface area contributed by atoms with Crippen molar-refractivity contribution in [3.8, 4) is 0 Å². The maximum absolute atomic E-state index is 13.0. The van der Waals surface area contributed by atoms with Crippen molar-refractivity contribution < 1.29 is 24.3 Å². The van der Waals surface area contributed by atoms with Gasteiger partial charge in [-0.15, -0.1) is 23.1 Å². The predicted molar refractivity (Wildman–Crippen MR) is 114 cm³/mol. The van der Waals surface area contributed by atoms with Crippen LogP contribution >= 0.6 is 23.1 Å². The van der Waals surface area contributed by atoms with Crippen molar-refractivity contribution in [1.29, 1.82) is 0 Å². The first kappa shape index (κ1) is 22.1. The molecule has 0 aromatic carbocycles. The standard InChI is InChI=1S/C18H23N5O5S2/c1-7-8(2)23-14(25)12(15(23)30-9(7)3)21-13(24)11(10-6-29-17(19)20-10)22-28-18(4,5)16(26)27/h6,9,12,15H,1-5H3,(H2,19,20)(H,21,24)(H,26,27)/b22-11-/t9-,12-,15-/m1/s1. The zero-order valence-electron chi connectivity index (χ0n) is 17.1. The van der Waals surface area contributed by atoms with Crippen molar-refractivity contribution >= 4 is 51.7 Å². The summed E-state index contributed by atoms with van der Waals surface area (Å²) in [5.74, 6) is -2.16. The molecule has 0 bridgehead atoms. The monoisotopic (exact) mass is 453 g/mol. The lowest BCUT2D eigenvalue weighted by Crippen LogP contribution is -2.70. The van der Waals surface area contributed by atoms with E-state index in [9.17, 15) is 19.5 Å². The first-order valence-corrected chi connectivity index (χ1v) is 10.9. The number of hydrogen-bond donors (Lipinski definition) is 3. The highest BCUT2D eigenvalue weighted by atomic mass is 32.2. The van der Waals surface area contributed by atoms with Crippen LogP contribution in [0.25, 0.3) is 0 Å². The minimum atomic E-state index is -1.66. The third-order valence-electron chi connectivity index (χ3n) is 5.07. The Hall–Kier alpha value is -2.60. The molecule has 2 amide bonds. The molecule has 3 atom stereocenters. The summed E-state index contributed by atoms with van der Waals surface area (Å²) >= 11 is 2.68. The molecule has 0 spiro atoms. The summed E-state index contributed by atoms with van der Waals surface area (Å²) in [6.07, 6.45) is 0. The second kappa shape index (κ2) is 7.91. The van der Waals surface area contributed by atoms with Gasteiger partial charge in [0.25, 0.3) is 11.8 Å². The Kier molecular flexibility index (Phi) is 5.83. The minimum absolute atomic E-state index is 0.136. The number of nitrogens with zero attached hydrogens (tertiary/aromatic N) is 3. The normalized spacial score (nSPS) is 24.3. The molecular formula is C18H23N5O5S2. The van der Waals surface area contributed by atoms with Crippen LogP contribution < -0.4 is 11.1 Å². The Morgan fingerprint density at radius 3 is 2.63 bits per heavy atom. The molecule has 0 radical (unpaired) electrons. The SMILES string of the molecule is CC1=C(C)N2C(=O)[C@@H](NC(=O)/C(=N\OC(C)(C)C(=O)O)c3csc(N)n3)[C@H]2S[C@@H]1C. The molecule has 3 rings (SSSR count). The van der Waals surface area contributed by atoms with E-state index in [-0.39, 0.29) is 33.1 Å². The van der Waals surface area contributed by atoms with E-state index in [2.05, 4.69) is 22.4 Å². The summed E-state index contributed by atoms with van der Waals surface area (Å²) in [6, 6.07) is -0.735. The fourth-order valence-electron chi connectivity index (χ4n) is 2.90. The first-order valence-electron chi connectivity index (χ1n) is 9.11. The van der Waals surface area contributed by atoms with Gasteiger partial charge in [0.15, 0.2) is 10.8 Å². The van der Waals surface area contributed by atoms with Crippen LogP contribution in [-0.2, 0) is 19.2 Å². The van der Waals surface area contributed by atoms with Gasteiger partial charge in [0.1, 0.15) is 17.1 Å². The summed E-state index contributed by atoms with van der Waals surface area (Å²) in [6.45, 7) is 8.53. The van der Waals surface area contributed by atoms with Gasteiger partial charge in [0.05, 0.1) is 0 Å². The van der Waals surface area contributed by atoms with E-state index in [0.29, 0.717) is 0 Å². The second-order valence-corrected chi connectivity index (χ2v) is 9.87. The number of aromatic nitrogens is 1. The third-order valence-corrected chi connectivity index (χ3v) is 7.27. The maximum Gasteiger partial charge on any atom is 0.350 e. The van der Waals surface area contributed by atoms with E-state index in [1.54, 1.807) is 16.7 Å². The first-order chi connectivity index (χ1) is 13.9. The summed E-state index contributed by atoms with van der Waals surface area (Å²) in [7, 11) is 0. The predicted octanol–water partition coefficient (Wildman–Crippen LogP) is 1.39. The molecule has 1 aromatic rings. The Balaban J connectivity index is 1.83. The number of anilines is 1. The lowest BCUT2D eigenvalue weighted by Gasteiger charge is -2.51. The lowest BCUT2D eigenvalue weighted by atomic mass is 10.0. The number of oxime groups is 1. The van der Waals surface area contributed by atoms with Gasteiger partial charge in [-0.25, -0.2) is 9.78 Å². The van der Waals surface area contributed by atoms with Crippen LogP contribution in [0.15, 0.2) is 21.8 Å². The average molecular weight is 454 g/mol. The number of carboxylic acid groups (broad SMARTS) is 1. The van der Waals surface area contributed by atoms with Crippen molar-refractivity contribution in [2.24, 2.45) is 5.16 Å². The van der Waals surface area contributed by atoms with Gasteiger partial charge >= 0.3 is 5.97 Å². The summed E-state index contributed by atoms with van der Waals surface area (Å²) in [5, 5.41) is 17.4. The van der Waals surface area contributed by atoms with Gasteiger partial charge in [-0.1, -0.05) is 5.16 Å². The van der Waals surface area contributed by atoms with Gasteiger partial charge in [-0.05, 0) is 40.2 Å². The quantitative estimate of drug-likeness (QED) is 0.333. The molecule has 1 saturated heterocycles. The van der Waals surface area contributed by atoms with Crippen LogP contribution in [0.5, 0.6) is 0 Å². The van der Waals surface area contributed by atoms with Crippen LogP contribution in [0.4, 0.5) is 5.13 Å². The van der Waals surface area contributed by atoms with Gasteiger partial charge in [0.2, 0.25) is 5.60 Å². The average Bonchev–Trinajstić information content (AvgIpc) is 3.09. The van der Waals surface area contributed by atoms with Crippen molar-refractivity contribution in [3.05, 3.63) is 22.3 Å². The Labute approximate surface area is 181 Å². The van der Waals surface area contributed by atoms with Crippen LogP contribution in [-0.4, -0.2) is 60.8 Å². The van der Waals surface area contributed by atoms with E-state index in [1.807, 2.05) is 13.8 Å². The van der Waals surface area contributed by atoms with Crippen molar-refractivity contribution in [2.75, 3.05) is 5.73 Å². The molecule has 162 valence electrons. The molecule has 2 aliphatic heterocycles. The van der Waals surface area contributed by atoms with E-state index in [0.717, 1.165) is 22.6 Å². The van der Waals surface area contributed by atoms with Crippen LogP contribution in [0, 0.1) is 0 Å². The van der Waals surface area contributed by atoms with E-state index < -0.39 is 23.5 Å². The number of allylic oxidation sites excluding steroid dienone is 1. The van der Waals surface area contributed by atoms with E-state index in [4.69, 9.17) is 10.6 Å². The van der Waals surface area contributed by atoms with Crippen molar-refractivity contribution in [3.63, 3.8) is 0 Å². The van der Waals surface area contributed by atoms with Crippen LogP contribution in [0.2, 0.25) is 0 Å². The molecule has 0 unspecified atom stereocenters. The number of nitrogens with one attached hydrogen (secondary N) is 1. The number of amides is 2. The van der Waals surface area contributed by atoms with Crippen molar-refractivity contribution in [2.45, 2.75) is 56.9 Å². The number of nitrogen functional groups attached to an aromatic ring is 1. The molecular weight excluding hydrogens is 430 g/mol. The second-order valence-electron chi connectivity index (χ2n) is 7.51. The number of rotatable bonds is 6.